The topological polar surface area (TPSA) is 123 Å². The van der Waals surface area contributed by atoms with E-state index in [1.165, 1.54) is 30.9 Å². The zero-order valence-corrected chi connectivity index (χ0v) is 16.9. The van der Waals surface area contributed by atoms with Gasteiger partial charge < -0.3 is 21.2 Å². The van der Waals surface area contributed by atoms with Gasteiger partial charge in [0.15, 0.2) is 5.76 Å². The van der Waals surface area contributed by atoms with E-state index >= 15 is 4.48 Å². The first-order valence-corrected chi connectivity index (χ1v) is 9.67. The lowest BCUT2D eigenvalue weighted by Gasteiger charge is -2.26. The predicted octanol–water partition coefficient (Wildman–Crippen LogP) is 3.79. The highest BCUT2D eigenvalue weighted by molar-refractivity contribution is 5.93. The molecule has 158 valence electrons. The fourth-order valence-electron chi connectivity index (χ4n) is 3.06. The average Bonchev–Trinajstić information content (AvgIpc) is 3.28. The van der Waals surface area contributed by atoms with Crippen LogP contribution in [0.25, 0.3) is 11.5 Å². The van der Waals surface area contributed by atoms with Crippen LogP contribution in [0.5, 0.6) is 0 Å². The SMILES string of the molecule is CCC[C@@H](Nc1cnc(-c2ccco2)cc1N(F)c1cncc(C(N)=O)c1)[C@H](C)N. The Kier molecular flexibility index (Phi) is 6.63. The molecule has 8 nitrogen and oxygen atoms in total. The van der Waals surface area contributed by atoms with Crippen LogP contribution in [0.1, 0.15) is 37.0 Å². The molecule has 0 saturated heterocycles. The summed E-state index contributed by atoms with van der Waals surface area (Å²) in [7, 11) is 0. The molecule has 0 radical (unpaired) electrons. The summed E-state index contributed by atoms with van der Waals surface area (Å²) in [6.45, 7) is 3.95. The highest BCUT2D eigenvalue weighted by atomic mass is 19.2. The van der Waals surface area contributed by atoms with Crippen molar-refractivity contribution in [1.29, 1.82) is 0 Å². The molecule has 0 bridgehead atoms. The molecule has 3 rings (SSSR count). The number of anilines is 3. The van der Waals surface area contributed by atoms with Crippen molar-refractivity contribution in [3.05, 3.63) is 54.7 Å². The van der Waals surface area contributed by atoms with Gasteiger partial charge in [0.25, 0.3) is 0 Å². The number of nitrogens with zero attached hydrogens (tertiary/aromatic N) is 3. The van der Waals surface area contributed by atoms with E-state index < -0.39 is 5.91 Å². The number of furan rings is 1. The molecule has 0 aliphatic heterocycles. The molecule has 0 aromatic carbocycles. The second-order valence-electron chi connectivity index (χ2n) is 7.04. The quantitative estimate of drug-likeness (QED) is 0.457. The molecule has 9 heteroatoms. The standard InChI is InChI=1S/C21H25FN6O2/c1-3-5-16(13(2)23)27-18-12-26-17(20-6-4-7-30-20)9-19(18)28(22)15-8-14(21(24)29)10-25-11-15/h4,6-13,16,27H,3,5,23H2,1-2H3,(H2,24,29)/t13-,16+/m0/s1. The number of aromatic nitrogens is 2. The normalized spacial score (nSPS) is 12.9. The number of nitrogens with two attached hydrogens (primary N) is 2. The summed E-state index contributed by atoms with van der Waals surface area (Å²) in [5.41, 5.74) is 12.6. The first-order chi connectivity index (χ1) is 14.4. The number of carbonyl (C=O) groups excluding carboxylic acids is 1. The third-order valence-corrected chi connectivity index (χ3v) is 4.68. The van der Waals surface area contributed by atoms with Crippen molar-refractivity contribution >= 4 is 23.0 Å². The molecule has 0 unspecified atom stereocenters. The van der Waals surface area contributed by atoms with E-state index in [-0.39, 0.29) is 29.0 Å². The Labute approximate surface area is 174 Å². The number of halogens is 1. The van der Waals surface area contributed by atoms with Crippen LogP contribution >= 0.6 is 0 Å². The minimum absolute atomic E-state index is 0.0544. The zero-order valence-electron chi connectivity index (χ0n) is 16.9. The van der Waals surface area contributed by atoms with Gasteiger partial charge in [0, 0.05) is 18.3 Å². The molecule has 0 aliphatic carbocycles. The highest BCUT2D eigenvalue weighted by Crippen LogP contribution is 2.36. The first-order valence-electron chi connectivity index (χ1n) is 9.67. The Balaban J connectivity index is 2.05. The minimum atomic E-state index is -0.693. The molecular formula is C21H25FN6O2. The molecular weight excluding hydrogens is 387 g/mol. The largest absolute Gasteiger partial charge is 0.463 e. The number of hydrogen-bond donors (Lipinski definition) is 3. The fraction of sp³-hybridized carbons (Fsp3) is 0.286. The molecule has 0 fully saturated rings. The summed E-state index contributed by atoms with van der Waals surface area (Å²) in [5.74, 6) is -0.195. The van der Waals surface area contributed by atoms with Gasteiger partial charge in [-0.15, -0.1) is 0 Å². The molecule has 0 spiro atoms. The number of pyridine rings is 2. The lowest BCUT2D eigenvalue weighted by Crippen LogP contribution is -2.38. The molecule has 30 heavy (non-hydrogen) atoms. The molecule has 2 atom stereocenters. The van der Waals surface area contributed by atoms with E-state index in [9.17, 15) is 4.79 Å². The Morgan fingerprint density at radius 3 is 2.77 bits per heavy atom. The number of nitrogens with one attached hydrogen (secondary N) is 1. The first kappa shape index (κ1) is 21.3. The van der Waals surface area contributed by atoms with Crippen LogP contribution in [-0.2, 0) is 0 Å². The smallest absolute Gasteiger partial charge is 0.250 e. The number of primary amides is 1. The van der Waals surface area contributed by atoms with Crippen molar-refractivity contribution in [2.45, 2.75) is 38.8 Å². The van der Waals surface area contributed by atoms with Crippen LogP contribution in [0.2, 0.25) is 0 Å². The molecule has 3 aromatic rings. The lowest BCUT2D eigenvalue weighted by atomic mass is 10.0. The minimum Gasteiger partial charge on any atom is -0.463 e. The van der Waals surface area contributed by atoms with Crippen molar-refractivity contribution < 1.29 is 13.7 Å². The van der Waals surface area contributed by atoms with Gasteiger partial charge in [0.2, 0.25) is 5.91 Å². The van der Waals surface area contributed by atoms with Crippen molar-refractivity contribution in [3.63, 3.8) is 0 Å². The van der Waals surface area contributed by atoms with Crippen LogP contribution in [-0.4, -0.2) is 28.0 Å². The maximum atomic E-state index is 15.5. The fourth-order valence-corrected chi connectivity index (χ4v) is 3.06. The van der Waals surface area contributed by atoms with Crippen LogP contribution in [0.3, 0.4) is 0 Å². The summed E-state index contributed by atoms with van der Waals surface area (Å²) in [6, 6.07) is 6.12. The summed E-state index contributed by atoms with van der Waals surface area (Å²) in [6.07, 6.45) is 7.36. The van der Waals surface area contributed by atoms with Crippen LogP contribution in [0.4, 0.5) is 21.5 Å². The number of hydrogen-bond acceptors (Lipinski definition) is 7. The van der Waals surface area contributed by atoms with Gasteiger partial charge in [0.1, 0.15) is 11.4 Å². The van der Waals surface area contributed by atoms with Gasteiger partial charge in [-0.1, -0.05) is 17.8 Å². The van der Waals surface area contributed by atoms with E-state index in [4.69, 9.17) is 15.9 Å². The van der Waals surface area contributed by atoms with Crippen LogP contribution in [0, 0.1) is 0 Å². The van der Waals surface area contributed by atoms with Crippen molar-refractivity contribution in [1.82, 2.24) is 9.97 Å². The van der Waals surface area contributed by atoms with Gasteiger partial charge >= 0.3 is 0 Å². The van der Waals surface area contributed by atoms with Gasteiger partial charge in [-0.3, -0.25) is 14.8 Å². The summed E-state index contributed by atoms with van der Waals surface area (Å²) >= 11 is 0. The number of amides is 1. The third kappa shape index (κ3) is 4.74. The zero-order chi connectivity index (χ0) is 21.7. The van der Waals surface area contributed by atoms with Crippen molar-refractivity contribution in [2.24, 2.45) is 11.5 Å². The third-order valence-electron chi connectivity index (χ3n) is 4.68. The predicted molar refractivity (Wildman–Crippen MR) is 114 cm³/mol. The molecule has 5 N–H and O–H groups in total. The molecule has 0 saturated carbocycles. The Hall–Kier alpha value is -3.46. The molecule has 0 aliphatic rings. The van der Waals surface area contributed by atoms with E-state index in [1.807, 2.05) is 6.92 Å². The van der Waals surface area contributed by atoms with Gasteiger partial charge in [0.05, 0.1) is 35.6 Å². The van der Waals surface area contributed by atoms with E-state index in [0.717, 1.165) is 12.8 Å². The second-order valence-corrected chi connectivity index (χ2v) is 7.04. The van der Waals surface area contributed by atoms with E-state index in [1.54, 1.807) is 18.2 Å². The second kappa shape index (κ2) is 9.36. The monoisotopic (exact) mass is 412 g/mol. The molecule has 1 amide bonds. The summed E-state index contributed by atoms with van der Waals surface area (Å²) in [5, 5.41) is 3.73. The Morgan fingerprint density at radius 2 is 2.13 bits per heavy atom. The van der Waals surface area contributed by atoms with Crippen LogP contribution < -0.4 is 21.9 Å². The van der Waals surface area contributed by atoms with Gasteiger partial charge in [-0.05, 0) is 37.6 Å². The highest BCUT2D eigenvalue weighted by Gasteiger charge is 2.21. The molecule has 3 aromatic heterocycles. The van der Waals surface area contributed by atoms with Crippen LogP contribution in [0.15, 0.2) is 53.5 Å². The van der Waals surface area contributed by atoms with E-state index in [0.29, 0.717) is 22.3 Å². The van der Waals surface area contributed by atoms with Crippen molar-refractivity contribution in [3.8, 4) is 11.5 Å². The van der Waals surface area contributed by atoms with Crippen molar-refractivity contribution in [2.75, 3.05) is 10.4 Å². The number of carbonyl (C=O) groups is 1. The maximum absolute atomic E-state index is 15.5. The van der Waals surface area contributed by atoms with E-state index in [2.05, 4.69) is 22.2 Å². The Bertz CT molecular complexity index is 993. The molecule has 3 heterocycles. The Morgan fingerprint density at radius 1 is 1.33 bits per heavy atom. The summed E-state index contributed by atoms with van der Waals surface area (Å²) in [4.78, 5) is 19.8. The van der Waals surface area contributed by atoms with Gasteiger partial charge in [-0.25, -0.2) is 0 Å². The maximum Gasteiger partial charge on any atom is 0.250 e. The lowest BCUT2D eigenvalue weighted by molar-refractivity contribution is 0.1000. The summed E-state index contributed by atoms with van der Waals surface area (Å²) < 4.78 is 20.9. The number of rotatable bonds is 9. The average molecular weight is 412 g/mol. The van der Waals surface area contributed by atoms with Gasteiger partial charge in [-0.2, -0.15) is 5.12 Å².